The number of nitrogens with zero attached hydrogens (tertiary/aromatic N) is 2. The van der Waals surface area contributed by atoms with Crippen LogP contribution in [0.5, 0.6) is 11.5 Å². The number of fused-ring (bicyclic) bond motifs is 1. The van der Waals surface area contributed by atoms with Crippen molar-refractivity contribution < 1.29 is 23.5 Å². The van der Waals surface area contributed by atoms with Crippen molar-refractivity contribution in [3.8, 4) is 22.6 Å². The molecule has 2 amide bonds. The third-order valence-corrected chi connectivity index (χ3v) is 5.20. The van der Waals surface area contributed by atoms with E-state index in [1.807, 2.05) is 0 Å². The highest BCUT2D eigenvalue weighted by Crippen LogP contribution is 2.38. The van der Waals surface area contributed by atoms with Gasteiger partial charge in [-0.05, 0) is 35.9 Å². The molecule has 160 valence electrons. The Kier molecular flexibility index (Phi) is 5.51. The summed E-state index contributed by atoms with van der Waals surface area (Å²) in [4.78, 5) is 25.2. The number of hydrogen-bond donors (Lipinski definition) is 2. The summed E-state index contributed by atoms with van der Waals surface area (Å²) in [6.07, 6.45) is 1.47. The maximum Gasteiger partial charge on any atom is 0.249 e. The summed E-state index contributed by atoms with van der Waals surface area (Å²) in [6.45, 7) is 0. The molecule has 3 aromatic rings. The van der Waals surface area contributed by atoms with E-state index in [1.54, 1.807) is 24.4 Å². The SMILES string of the molecule is COc1ccc(-c2cnn3c2NC(=O)C[C@H]3C(=O)Nc2ccc(F)c(Cl)c2)cc1OC. The molecule has 0 unspecified atom stereocenters. The van der Waals surface area contributed by atoms with E-state index in [0.717, 1.165) is 11.6 Å². The van der Waals surface area contributed by atoms with Crippen molar-refractivity contribution in [2.24, 2.45) is 0 Å². The maximum absolute atomic E-state index is 13.4. The lowest BCUT2D eigenvalue weighted by Crippen LogP contribution is -2.35. The Hall–Kier alpha value is -3.59. The topological polar surface area (TPSA) is 94.5 Å². The number of aromatic nitrogens is 2. The summed E-state index contributed by atoms with van der Waals surface area (Å²) in [7, 11) is 3.07. The first kappa shape index (κ1) is 20.7. The smallest absolute Gasteiger partial charge is 0.249 e. The molecule has 0 aliphatic carbocycles. The van der Waals surface area contributed by atoms with Crippen LogP contribution in [0.2, 0.25) is 5.02 Å². The molecule has 1 aromatic heterocycles. The summed E-state index contributed by atoms with van der Waals surface area (Å²) in [5, 5.41) is 9.64. The fraction of sp³-hybridized carbons (Fsp3) is 0.190. The van der Waals surface area contributed by atoms with Crippen molar-refractivity contribution in [1.82, 2.24) is 9.78 Å². The molecule has 0 bridgehead atoms. The molecule has 0 saturated carbocycles. The van der Waals surface area contributed by atoms with Crippen LogP contribution in [-0.2, 0) is 9.59 Å². The highest BCUT2D eigenvalue weighted by atomic mass is 35.5. The molecule has 31 heavy (non-hydrogen) atoms. The molecule has 0 saturated heterocycles. The number of anilines is 2. The standard InChI is InChI=1S/C21H18ClFN4O4/c1-30-17-6-3-11(7-18(17)31-2)13-10-24-27-16(9-19(28)26-20(13)27)21(29)25-12-4-5-15(23)14(22)8-12/h3-8,10,16H,9H2,1-2H3,(H,25,29)(H,26,28)/t16-/m0/s1. The molecule has 8 nitrogen and oxygen atoms in total. The van der Waals surface area contributed by atoms with Gasteiger partial charge in [-0.3, -0.25) is 9.59 Å². The first-order chi connectivity index (χ1) is 14.9. The summed E-state index contributed by atoms with van der Waals surface area (Å²) in [6, 6.07) is 8.26. The largest absolute Gasteiger partial charge is 0.493 e. The van der Waals surface area contributed by atoms with Gasteiger partial charge in [0.05, 0.1) is 31.9 Å². The maximum atomic E-state index is 13.4. The van der Waals surface area contributed by atoms with Gasteiger partial charge in [0.1, 0.15) is 17.7 Å². The molecule has 0 spiro atoms. The minimum Gasteiger partial charge on any atom is -0.493 e. The fourth-order valence-electron chi connectivity index (χ4n) is 3.39. The van der Waals surface area contributed by atoms with E-state index in [2.05, 4.69) is 15.7 Å². The zero-order valence-corrected chi connectivity index (χ0v) is 17.4. The van der Waals surface area contributed by atoms with E-state index in [4.69, 9.17) is 21.1 Å². The lowest BCUT2D eigenvalue weighted by Gasteiger charge is -2.24. The summed E-state index contributed by atoms with van der Waals surface area (Å²) >= 11 is 5.78. The molecule has 0 radical (unpaired) electrons. The van der Waals surface area contributed by atoms with Crippen molar-refractivity contribution >= 4 is 34.9 Å². The third-order valence-electron chi connectivity index (χ3n) is 4.91. The molecular formula is C21H18ClFN4O4. The second kappa shape index (κ2) is 8.27. The number of benzene rings is 2. The first-order valence-electron chi connectivity index (χ1n) is 9.27. The summed E-state index contributed by atoms with van der Waals surface area (Å²) in [5.41, 5.74) is 1.67. The van der Waals surface area contributed by atoms with Gasteiger partial charge in [0.15, 0.2) is 11.5 Å². The van der Waals surface area contributed by atoms with Gasteiger partial charge in [-0.15, -0.1) is 0 Å². The van der Waals surface area contributed by atoms with Gasteiger partial charge in [-0.25, -0.2) is 9.07 Å². The van der Waals surface area contributed by atoms with E-state index in [1.165, 1.54) is 31.0 Å². The lowest BCUT2D eigenvalue weighted by molar-refractivity contribution is -0.125. The number of carbonyl (C=O) groups excluding carboxylic acids is 2. The van der Waals surface area contributed by atoms with E-state index in [-0.39, 0.29) is 17.4 Å². The van der Waals surface area contributed by atoms with Crippen LogP contribution in [0.4, 0.5) is 15.9 Å². The molecule has 2 aromatic carbocycles. The van der Waals surface area contributed by atoms with Gasteiger partial charge >= 0.3 is 0 Å². The number of nitrogens with one attached hydrogen (secondary N) is 2. The molecule has 2 N–H and O–H groups in total. The van der Waals surface area contributed by atoms with Gasteiger partial charge in [0.25, 0.3) is 0 Å². The number of methoxy groups -OCH3 is 2. The van der Waals surface area contributed by atoms with E-state index >= 15 is 0 Å². The third kappa shape index (κ3) is 3.91. The van der Waals surface area contributed by atoms with Crippen molar-refractivity contribution in [3.63, 3.8) is 0 Å². The van der Waals surface area contributed by atoms with Crippen molar-refractivity contribution in [2.45, 2.75) is 12.5 Å². The van der Waals surface area contributed by atoms with Gasteiger partial charge in [-0.1, -0.05) is 17.7 Å². The number of carbonyl (C=O) groups is 2. The molecule has 2 heterocycles. The monoisotopic (exact) mass is 444 g/mol. The molecule has 1 aliphatic rings. The fourth-order valence-corrected chi connectivity index (χ4v) is 3.57. The average molecular weight is 445 g/mol. The minimum absolute atomic E-state index is 0.0964. The van der Waals surface area contributed by atoms with Crippen LogP contribution in [0, 0.1) is 5.82 Å². The number of ether oxygens (including phenoxy) is 2. The first-order valence-corrected chi connectivity index (χ1v) is 9.64. The predicted molar refractivity (Wildman–Crippen MR) is 113 cm³/mol. The Morgan fingerprint density at radius 1 is 1.23 bits per heavy atom. The van der Waals surface area contributed by atoms with Crippen LogP contribution in [-0.4, -0.2) is 35.8 Å². The molecule has 1 atom stereocenters. The number of halogens is 2. The van der Waals surface area contributed by atoms with E-state index in [9.17, 15) is 14.0 Å². The molecule has 10 heteroatoms. The van der Waals surface area contributed by atoms with Crippen molar-refractivity contribution in [3.05, 3.63) is 53.4 Å². The van der Waals surface area contributed by atoms with Crippen LogP contribution in [0.25, 0.3) is 11.1 Å². The highest BCUT2D eigenvalue weighted by Gasteiger charge is 2.33. The Morgan fingerprint density at radius 2 is 2.00 bits per heavy atom. The predicted octanol–water partition coefficient (Wildman–Crippen LogP) is 3.88. The average Bonchev–Trinajstić information content (AvgIpc) is 3.18. The Morgan fingerprint density at radius 3 is 2.71 bits per heavy atom. The second-order valence-electron chi connectivity index (χ2n) is 6.81. The van der Waals surface area contributed by atoms with Crippen molar-refractivity contribution in [2.75, 3.05) is 24.9 Å². The van der Waals surface area contributed by atoms with Gasteiger partial charge in [-0.2, -0.15) is 5.10 Å². The summed E-state index contributed by atoms with van der Waals surface area (Å²) in [5.74, 6) is 0.0789. The van der Waals surface area contributed by atoms with Crippen LogP contribution < -0.4 is 20.1 Å². The van der Waals surface area contributed by atoms with E-state index < -0.39 is 17.8 Å². The van der Waals surface area contributed by atoms with Crippen LogP contribution >= 0.6 is 11.6 Å². The molecule has 4 rings (SSSR count). The number of hydrogen-bond acceptors (Lipinski definition) is 5. The van der Waals surface area contributed by atoms with Crippen LogP contribution in [0.3, 0.4) is 0 Å². The number of amides is 2. The Balaban J connectivity index is 1.66. The van der Waals surface area contributed by atoms with Gasteiger partial charge in [0, 0.05) is 11.3 Å². The number of rotatable bonds is 5. The molecule has 1 aliphatic heterocycles. The van der Waals surface area contributed by atoms with Crippen molar-refractivity contribution in [1.29, 1.82) is 0 Å². The van der Waals surface area contributed by atoms with Crippen LogP contribution in [0.15, 0.2) is 42.6 Å². The zero-order valence-electron chi connectivity index (χ0n) is 16.6. The Bertz CT molecular complexity index is 1180. The zero-order chi connectivity index (χ0) is 22.1. The summed E-state index contributed by atoms with van der Waals surface area (Å²) < 4.78 is 25.4. The highest BCUT2D eigenvalue weighted by molar-refractivity contribution is 6.31. The van der Waals surface area contributed by atoms with Gasteiger partial charge < -0.3 is 20.1 Å². The second-order valence-corrected chi connectivity index (χ2v) is 7.21. The lowest BCUT2D eigenvalue weighted by atomic mass is 10.1. The minimum atomic E-state index is -0.888. The molecular weight excluding hydrogens is 427 g/mol. The molecule has 0 fully saturated rings. The van der Waals surface area contributed by atoms with Crippen LogP contribution in [0.1, 0.15) is 12.5 Å². The quantitative estimate of drug-likeness (QED) is 0.622. The normalized spacial score (nSPS) is 15.1. The van der Waals surface area contributed by atoms with E-state index in [0.29, 0.717) is 28.6 Å². The Labute approximate surface area is 181 Å². The van der Waals surface area contributed by atoms with Gasteiger partial charge in [0.2, 0.25) is 11.8 Å².